The van der Waals surface area contributed by atoms with E-state index < -0.39 is 6.16 Å². The van der Waals surface area contributed by atoms with Crippen molar-refractivity contribution >= 4 is 6.16 Å². The Kier molecular flexibility index (Phi) is 51.4. The van der Waals surface area contributed by atoms with Crippen molar-refractivity contribution in [2.24, 2.45) is 0 Å². The Bertz CT molecular complexity index is 37.9. The van der Waals surface area contributed by atoms with Crippen LogP contribution >= 0.6 is 0 Å². The van der Waals surface area contributed by atoms with Crippen LogP contribution in [0.4, 0.5) is 4.79 Å². The van der Waals surface area contributed by atoms with Gasteiger partial charge in [-0.15, -0.1) is 0 Å². The number of hydrogen-bond acceptors (Lipinski definition) is 2. The molecule has 0 amide bonds. The molecule has 0 aliphatic rings. The molecule has 0 aromatic carbocycles. The molecule has 0 aromatic rings. The van der Waals surface area contributed by atoms with Crippen LogP contribution in [-0.2, 0) is 0 Å². The van der Waals surface area contributed by atoms with Gasteiger partial charge >= 0.3 is 80.9 Å². The molecule has 0 aliphatic carbocycles. The average Bonchev–Trinajstić information content (AvgIpc) is 0.811. The molecule has 0 unspecified atom stereocenters. The summed E-state index contributed by atoms with van der Waals surface area (Å²) in [6.45, 7) is 0. The van der Waals surface area contributed by atoms with Gasteiger partial charge in [0.2, 0.25) is 6.16 Å². The van der Waals surface area contributed by atoms with Crippen molar-refractivity contribution in [3.8, 4) is 0 Å². The van der Waals surface area contributed by atoms with Gasteiger partial charge in [-0.1, -0.05) is 0 Å². The van der Waals surface area contributed by atoms with Crippen molar-refractivity contribution in [1.82, 2.24) is 0 Å². The van der Waals surface area contributed by atoms with Gasteiger partial charge in [-0.05, 0) is 0 Å². The first-order valence-electron chi connectivity index (χ1n) is 0.632. The molecule has 0 aliphatic heterocycles. The van der Waals surface area contributed by atoms with E-state index in [-0.39, 0.29) is 93.3 Å². The van der Waals surface area contributed by atoms with E-state index in [9.17, 15) is 0 Å². The molecule has 0 radical (unpaired) electrons. The van der Waals surface area contributed by atoms with E-state index in [0.29, 0.717) is 0 Å². The van der Waals surface area contributed by atoms with Crippen molar-refractivity contribution in [1.29, 1.82) is 0 Å². The van der Waals surface area contributed by atoms with Crippen molar-refractivity contribution in [2.45, 2.75) is 0 Å². The smallest absolute Gasteiger partial charge is 1.00 e. The minimum absolute atomic E-state index is 0. The topological polar surface area (TPSA) is 60.4 Å². The Morgan fingerprint density at radius 1 is 1.57 bits per heavy atom. The van der Waals surface area contributed by atoms with E-state index in [0.717, 1.165) is 0 Å². The Labute approximate surface area is 112 Å². The SMILES string of the molecule is O=C([O-])O.[Cl-].[K+].[Na+]. The van der Waals surface area contributed by atoms with E-state index in [4.69, 9.17) is 15.0 Å². The molecule has 0 rings (SSSR count). The maximum Gasteiger partial charge on any atom is 1.00 e. The van der Waals surface area contributed by atoms with Gasteiger partial charge in [0.25, 0.3) is 0 Å². The quantitative estimate of drug-likeness (QED) is 0.356. The van der Waals surface area contributed by atoms with E-state index in [1.165, 1.54) is 0 Å². The van der Waals surface area contributed by atoms with Gasteiger partial charge in [0.1, 0.15) is 0 Å². The fourth-order valence-electron chi connectivity index (χ4n) is 0. The van der Waals surface area contributed by atoms with Crippen LogP contribution in [-0.4, -0.2) is 11.3 Å². The monoisotopic (exact) mass is 158 g/mol. The molecule has 1 N–H and O–H groups in total. The maximum absolute atomic E-state index is 8.44. The van der Waals surface area contributed by atoms with Crippen molar-refractivity contribution in [3.63, 3.8) is 0 Å². The summed E-state index contributed by atoms with van der Waals surface area (Å²) < 4.78 is 0. The molecule has 0 aromatic heterocycles. The molecule has 0 saturated heterocycles. The van der Waals surface area contributed by atoms with Gasteiger partial charge in [-0.2, -0.15) is 0 Å². The molecule has 0 bridgehead atoms. The summed E-state index contributed by atoms with van der Waals surface area (Å²) in [7, 11) is 0. The van der Waals surface area contributed by atoms with E-state index >= 15 is 0 Å². The molecular weight excluding hydrogens is 158 g/mol. The van der Waals surface area contributed by atoms with Gasteiger partial charge in [0, 0.05) is 0 Å². The summed E-state index contributed by atoms with van der Waals surface area (Å²) in [6.07, 6.45) is -2.08. The maximum atomic E-state index is 8.44. The van der Waals surface area contributed by atoms with Gasteiger partial charge in [0.05, 0.1) is 0 Å². The fourth-order valence-corrected chi connectivity index (χ4v) is 0. The van der Waals surface area contributed by atoms with Crippen molar-refractivity contribution < 1.29 is 108 Å². The van der Waals surface area contributed by atoms with Crippen molar-refractivity contribution in [3.05, 3.63) is 0 Å². The van der Waals surface area contributed by atoms with E-state index in [1.807, 2.05) is 0 Å². The first-order chi connectivity index (χ1) is 1.73. The van der Waals surface area contributed by atoms with Gasteiger partial charge < -0.3 is 27.4 Å². The predicted molar refractivity (Wildman–Crippen MR) is 8.02 cm³/mol. The van der Waals surface area contributed by atoms with Crippen LogP contribution in [0.5, 0.6) is 0 Å². The summed E-state index contributed by atoms with van der Waals surface area (Å²) in [5, 5.41) is 15.3. The van der Waals surface area contributed by atoms with Crippen LogP contribution < -0.4 is 98.5 Å². The van der Waals surface area contributed by atoms with Gasteiger partial charge in [-0.25, -0.2) is 0 Å². The van der Waals surface area contributed by atoms with Gasteiger partial charge in [-0.3, -0.25) is 0 Å². The third-order valence-electron chi connectivity index (χ3n) is 0. The van der Waals surface area contributed by atoms with Gasteiger partial charge in [0.15, 0.2) is 0 Å². The summed E-state index contributed by atoms with van der Waals surface area (Å²) in [5.74, 6) is 0. The van der Waals surface area contributed by atoms with Crippen LogP contribution in [0.3, 0.4) is 0 Å². The second-order valence-electron chi connectivity index (χ2n) is 0.266. The standard InChI is InChI=1S/CH2O3.ClH.K.Na/c2-1(3)4;;;/h(H2,2,3,4);1H;;/q;;2*+1/p-2. The van der Waals surface area contributed by atoms with Crippen LogP contribution in [0, 0.1) is 0 Å². The summed E-state index contributed by atoms with van der Waals surface area (Å²) in [6, 6.07) is 0. The molecule has 0 fully saturated rings. The summed E-state index contributed by atoms with van der Waals surface area (Å²) >= 11 is 0. The minimum Gasteiger partial charge on any atom is -1.00 e. The van der Waals surface area contributed by atoms with Crippen molar-refractivity contribution in [2.75, 3.05) is 0 Å². The summed E-state index contributed by atoms with van der Waals surface area (Å²) in [5.41, 5.74) is 0. The van der Waals surface area contributed by atoms with Crippen LogP contribution in [0.25, 0.3) is 0 Å². The largest absolute Gasteiger partial charge is 1.00 e. The molecule has 6 heteroatoms. The molecule has 0 saturated carbocycles. The Morgan fingerprint density at radius 2 is 1.57 bits per heavy atom. The molecule has 3 nitrogen and oxygen atoms in total. The number of hydrogen-bond donors (Lipinski definition) is 1. The predicted octanol–water partition coefficient (Wildman–Crippen LogP) is -10.1. The normalized spacial score (nSPS) is 3.43. The number of carbonyl (C=O) groups is 1. The van der Waals surface area contributed by atoms with Crippen LogP contribution in [0.15, 0.2) is 0 Å². The zero-order valence-electron chi connectivity index (χ0n) is 4.14. The van der Waals surface area contributed by atoms with Crippen LogP contribution in [0.1, 0.15) is 0 Å². The molecule has 0 atom stereocenters. The Hall–Kier alpha value is 2.20. The zero-order valence-corrected chi connectivity index (χ0v) is 10.0. The third-order valence-corrected chi connectivity index (χ3v) is 0. The zero-order chi connectivity index (χ0) is 3.58. The molecular formula is CHClKNaO3. The average molecular weight is 159 g/mol. The Morgan fingerprint density at radius 3 is 1.57 bits per heavy atom. The molecule has 7 heavy (non-hydrogen) atoms. The third kappa shape index (κ3) is 65.2. The number of carboxylic acid groups (broad SMARTS) is 2. The number of rotatable bonds is 0. The van der Waals surface area contributed by atoms with Crippen LogP contribution in [0.2, 0.25) is 0 Å². The first-order valence-corrected chi connectivity index (χ1v) is 0.632. The first kappa shape index (κ1) is 22.9. The second kappa shape index (κ2) is 15.7. The van der Waals surface area contributed by atoms with E-state index in [1.54, 1.807) is 0 Å². The second-order valence-corrected chi connectivity index (χ2v) is 0.266. The fraction of sp³-hybridized carbons (Fsp3) is 0. The van der Waals surface area contributed by atoms with E-state index in [2.05, 4.69) is 0 Å². The molecule has 32 valence electrons. The number of halogens is 1. The summed E-state index contributed by atoms with van der Waals surface area (Å²) in [4.78, 5) is 8.44. The Balaban J connectivity index is -0.0000000150. The molecule has 0 spiro atoms. The molecule has 0 heterocycles. The minimum atomic E-state index is -2.08.